The van der Waals surface area contributed by atoms with E-state index in [1.54, 1.807) is 19.1 Å². The van der Waals surface area contributed by atoms with E-state index in [0.29, 0.717) is 39.3 Å². The Labute approximate surface area is 166 Å². The molecule has 0 radical (unpaired) electrons. The highest BCUT2D eigenvalue weighted by Crippen LogP contribution is 2.40. The Balaban J connectivity index is 2.16. The van der Waals surface area contributed by atoms with Crippen molar-refractivity contribution in [3.8, 4) is 0 Å². The minimum atomic E-state index is -0.704. The topological polar surface area (TPSA) is 84.1 Å². The van der Waals surface area contributed by atoms with Gasteiger partial charge in [-0.2, -0.15) is 0 Å². The van der Waals surface area contributed by atoms with Crippen LogP contribution in [0.1, 0.15) is 37.8 Å². The summed E-state index contributed by atoms with van der Waals surface area (Å²) in [6.45, 7) is 5.90. The molecule has 0 spiro atoms. The molecule has 2 aromatic rings. The van der Waals surface area contributed by atoms with Crippen LogP contribution in [0.3, 0.4) is 0 Å². The monoisotopic (exact) mass is 403 g/mol. The van der Waals surface area contributed by atoms with Gasteiger partial charge in [0.25, 0.3) is 5.56 Å². The van der Waals surface area contributed by atoms with Crippen LogP contribution in [0.4, 0.5) is 10.2 Å². The number of ether oxygens (including phenoxy) is 1. The zero-order valence-corrected chi connectivity index (χ0v) is 16.9. The fourth-order valence-electron chi connectivity index (χ4n) is 3.11. The highest BCUT2D eigenvalue weighted by molar-refractivity contribution is 7.99. The van der Waals surface area contributed by atoms with Crippen molar-refractivity contribution >= 4 is 23.5 Å². The molecular formula is C20H22FN3O3S. The van der Waals surface area contributed by atoms with E-state index in [9.17, 15) is 14.0 Å². The number of benzene rings is 1. The Kier molecular flexibility index (Phi) is 5.88. The molecule has 0 amide bonds. The van der Waals surface area contributed by atoms with Crippen molar-refractivity contribution in [2.45, 2.75) is 31.8 Å². The third kappa shape index (κ3) is 3.96. The maximum absolute atomic E-state index is 13.4. The first kappa shape index (κ1) is 20.1. The predicted octanol–water partition coefficient (Wildman–Crippen LogP) is 3.66. The van der Waals surface area contributed by atoms with Gasteiger partial charge >= 0.3 is 5.97 Å². The number of rotatable bonds is 5. The number of fused-ring (bicyclic) bond motifs is 1. The molecule has 6 nitrogen and oxygen atoms in total. The van der Waals surface area contributed by atoms with Gasteiger partial charge in [-0.3, -0.25) is 4.79 Å². The smallest absolute Gasteiger partial charge is 0.336 e. The van der Waals surface area contributed by atoms with Crippen LogP contribution in [-0.4, -0.2) is 28.8 Å². The van der Waals surface area contributed by atoms with Crippen molar-refractivity contribution < 1.29 is 13.9 Å². The number of carbonyl (C=O) groups is 1. The molecule has 0 saturated carbocycles. The highest BCUT2D eigenvalue weighted by atomic mass is 32.2. The molecule has 0 saturated heterocycles. The van der Waals surface area contributed by atoms with Crippen molar-refractivity contribution in [1.82, 2.24) is 9.97 Å². The summed E-state index contributed by atoms with van der Waals surface area (Å²) in [5.74, 6) is -0.00272. The van der Waals surface area contributed by atoms with Gasteiger partial charge in [-0.05, 0) is 30.5 Å². The van der Waals surface area contributed by atoms with Crippen LogP contribution in [0.2, 0.25) is 0 Å². The second kappa shape index (κ2) is 8.18. The van der Waals surface area contributed by atoms with Gasteiger partial charge in [0, 0.05) is 11.4 Å². The van der Waals surface area contributed by atoms with Gasteiger partial charge in [0.2, 0.25) is 0 Å². The summed E-state index contributed by atoms with van der Waals surface area (Å²) in [7, 11) is 1.29. The summed E-state index contributed by atoms with van der Waals surface area (Å²) in [6.07, 6.45) is 0. The van der Waals surface area contributed by atoms with Gasteiger partial charge in [0.1, 0.15) is 11.6 Å². The Morgan fingerprint density at radius 3 is 2.61 bits per heavy atom. The van der Waals surface area contributed by atoms with Gasteiger partial charge in [0.05, 0.1) is 24.2 Å². The number of nitrogens with one attached hydrogen (secondary N) is 2. The molecule has 3 rings (SSSR count). The third-order valence-electron chi connectivity index (χ3n) is 4.38. The highest BCUT2D eigenvalue weighted by Gasteiger charge is 2.36. The second-order valence-electron chi connectivity index (χ2n) is 6.98. The molecule has 0 fully saturated rings. The van der Waals surface area contributed by atoms with Crippen LogP contribution < -0.4 is 10.9 Å². The molecule has 1 atom stereocenters. The largest absolute Gasteiger partial charge is 0.466 e. The summed E-state index contributed by atoms with van der Waals surface area (Å²) in [5, 5.41) is 3.58. The molecule has 1 aliphatic rings. The Hall–Kier alpha value is -2.61. The second-order valence-corrected chi connectivity index (χ2v) is 7.99. The third-order valence-corrected chi connectivity index (χ3v) is 5.68. The summed E-state index contributed by atoms with van der Waals surface area (Å²) < 4.78 is 18.4. The average molecular weight is 403 g/mol. The van der Waals surface area contributed by atoms with Crippen molar-refractivity contribution in [2.24, 2.45) is 5.92 Å². The Morgan fingerprint density at radius 2 is 2.00 bits per heavy atom. The van der Waals surface area contributed by atoms with Crippen molar-refractivity contribution in [3.63, 3.8) is 0 Å². The van der Waals surface area contributed by atoms with Gasteiger partial charge < -0.3 is 15.0 Å². The number of H-pyrrole nitrogens is 1. The number of anilines is 1. The van der Waals surface area contributed by atoms with Crippen LogP contribution in [0.15, 0.2) is 45.5 Å². The molecule has 0 bridgehead atoms. The van der Waals surface area contributed by atoms with Crippen molar-refractivity contribution in [2.75, 3.05) is 18.2 Å². The van der Waals surface area contributed by atoms with Crippen LogP contribution >= 0.6 is 11.8 Å². The van der Waals surface area contributed by atoms with Crippen LogP contribution in [-0.2, 0) is 9.53 Å². The molecule has 1 aromatic carbocycles. The first-order chi connectivity index (χ1) is 13.3. The summed E-state index contributed by atoms with van der Waals surface area (Å²) >= 11 is 1.46. The summed E-state index contributed by atoms with van der Waals surface area (Å²) in [4.78, 5) is 32.8. The normalized spacial score (nSPS) is 16.0. The number of thioether (sulfide) groups is 1. The predicted molar refractivity (Wildman–Crippen MR) is 107 cm³/mol. The summed E-state index contributed by atoms with van der Waals surface area (Å²) in [5.41, 5.74) is 1.43. The maximum atomic E-state index is 13.4. The summed E-state index contributed by atoms with van der Waals surface area (Å²) in [6, 6.07) is 5.73. The molecule has 1 aromatic heterocycles. The number of aromatic amines is 1. The van der Waals surface area contributed by atoms with E-state index in [2.05, 4.69) is 29.1 Å². The van der Waals surface area contributed by atoms with E-state index < -0.39 is 17.7 Å². The van der Waals surface area contributed by atoms with Gasteiger partial charge in [-0.1, -0.05) is 37.7 Å². The quantitative estimate of drug-likeness (QED) is 0.450. The van der Waals surface area contributed by atoms with Crippen molar-refractivity contribution in [1.29, 1.82) is 0 Å². The fourth-order valence-corrected chi connectivity index (χ4v) is 3.93. The first-order valence-electron chi connectivity index (χ1n) is 8.90. The molecule has 0 unspecified atom stereocenters. The van der Waals surface area contributed by atoms with E-state index in [1.165, 1.54) is 31.0 Å². The number of hydrogen-bond donors (Lipinski definition) is 2. The zero-order valence-electron chi connectivity index (χ0n) is 16.1. The number of nitrogens with zero attached hydrogens (tertiary/aromatic N) is 1. The average Bonchev–Trinajstić information content (AvgIpc) is 2.65. The Morgan fingerprint density at radius 1 is 1.32 bits per heavy atom. The molecular weight excluding hydrogens is 381 g/mol. The minimum absolute atomic E-state index is 0.302. The van der Waals surface area contributed by atoms with E-state index in [4.69, 9.17) is 4.74 Å². The SMILES string of the molecule is COC(=O)C1=C(C)Nc2nc(SCC(C)C)[nH]c(=O)c2[C@@H]1c1ccc(F)cc1. The van der Waals surface area contributed by atoms with E-state index in [0.717, 1.165) is 5.75 Å². The number of methoxy groups -OCH3 is 1. The lowest BCUT2D eigenvalue weighted by atomic mass is 9.82. The lowest BCUT2D eigenvalue weighted by molar-refractivity contribution is -0.136. The first-order valence-corrected chi connectivity index (χ1v) is 9.89. The maximum Gasteiger partial charge on any atom is 0.336 e. The molecule has 2 heterocycles. The standard InChI is InChI=1S/C20H22FN3O3S/c1-10(2)9-28-20-23-17-16(18(25)24-20)15(12-5-7-13(21)8-6-12)14(11(3)22-17)19(26)27-4/h5-8,10,15H,9H2,1-4H3,(H2,22,23,24,25)/t15-/m1/s1. The van der Waals surface area contributed by atoms with E-state index in [1.807, 2.05) is 0 Å². The number of carbonyl (C=O) groups excluding carboxylic acids is 1. The van der Waals surface area contributed by atoms with Crippen LogP contribution in [0, 0.1) is 11.7 Å². The lowest BCUT2D eigenvalue weighted by Gasteiger charge is -2.28. The van der Waals surface area contributed by atoms with Gasteiger partial charge in [0.15, 0.2) is 5.16 Å². The lowest BCUT2D eigenvalue weighted by Crippen LogP contribution is -2.31. The molecule has 1 aliphatic heterocycles. The molecule has 8 heteroatoms. The van der Waals surface area contributed by atoms with Crippen LogP contribution in [0.25, 0.3) is 0 Å². The number of esters is 1. The van der Waals surface area contributed by atoms with E-state index in [-0.39, 0.29) is 5.56 Å². The zero-order chi connectivity index (χ0) is 20.4. The molecule has 28 heavy (non-hydrogen) atoms. The number of halogens is 1. The number of aromatic nitrogens is 2. The number of hydrogen-bond acceptors (Lipinski definition) is 6. The van der Waals surface area contributed by atoms with Gasteiger partial charge in [-0.25, -0.2) is 14.2 Å². The van der Waals surface area contributed by atoms with Crippen LogP contribution in [0.5, 0.6) is 0 Å². The van der Waals surface area contributed by atoms with E-state index >= 15 is 0 Å². The molecule has 2 N–H and O–H groups in total. The fraction of sp³-hybridized carbons (Fsp3) is 0.350. The number of allylic oxidation sites excluding steroid dienone is 1. The van der Waals surface area contributed by atoms with Crippen molar-refractivity contribution in [3.05, 3.63) is 62.8 Å². The van der Waals surface area contributed by atoms with Gasteiger partial charge in [-0.15, -0.1) is 0 Å². The minimum Gasteiger partial charge on any atom is -0.466 e. The molecule has 0 aliphatic carbocycles. The Bertz CT molecular complexity index is 983. The molecule has 148 valence electrons.